The number of unbranched alkanes of at least 4 members (excludes halogenated alkanes) is 6. The molecule has 1 N–H and O–H groups in total. The van der Waals surface area contributed by atoms with Crippen molar-refractivity contribution >= 4 is 5.78 Å². The molecule has 0 amide bonds. The lowest BCUT2D eigenvalue weighted by Gasteiger charge is -2.28. The van der Waals surface area contributed by atoms with Crippen molar-refractivity contribution in [2.45, 2.75) is 103 Å². The minimum atomic E-state index is -1.20. The Morgan fingerprint density at radius 2 is 1.44 bits per heavy atom. The monoisotopic (exact) mass is 346 g/mol. The van der Waals surface area contributed by atoms with Gasteiger partial charge in [-0.25, -0.2) is 0 Å². The van der Waals surface area contributed by atoms with E-state index in [-0.39, 0.29) is 11.7 Å². The highest BCUT2D eigenvalue weighted by Crippen LogP contribution is 2.30. The SMILES string of the molecule is CCCCCCC(O)(CCCCCC)C(=O)c1ccccc1C(C)C. The summed E-state index contributed by atoms with van der Waals surface area (Å²) in [5.41, 5.74) is 0.561. The van der Waals surface area contributed by atoms with E-state index >= 15 is 0 Å². The van der Waals surface area contributed by atoms with Crippen LogP contribution in [0.5, 0.6) is 0 Å². The van der Waals surface area contributed by atoms with Crippen molar-refractivity contribution in [2.75, 3.05) is 0 Å². The molecule has 0 aliphatic carbocycles. The fourth-order valence-electron chi connectivity index (χ4n) is 3.50. The van der Waals surface area contributed by atoms with E-state index in [2.05, 4.69) is 27.7 Å². The van der Waals surface area contributed by atoms with Crippen molar-refractivity contribution in [1.29, 1.82) is 0 Å². The molecule has 2 nitrogen and oxygen atoms in total. The quantitative estimate of drug-likeness (QED) is 0.320. The number of ketones is 1. The van der Waals surface area contributed by atoms with Gasteiger partial charge >= 0.3 is 0 Å². The van der Waals surface area contributed by atoms with E-state index in [9.17, 15) is 9.90 Å². The summed E-state index contributed by atoms with van der Waals surface area (Å²) in [5.74, 6) is 0.217. The average Bonchev–Trinajstić information content (AvgIpc) is 2.62. The third-order valence-corrected chi connectivity index (χ3v) is 5.14. The summed E-state index contributed by atoms with van der Waals surface area (Å²) in [5, 5.41) is 11.3. The maximum atomic E-state index is 13.3. The van der Waals surface area contributed by atoms with Crippen LogP contribution in [0.3, 0.4) is 0 Å². The number of hydrogen-bond acceptors (Lipinski definition) is 2. The first-order valence-corrected chi connectivity index (χ1v) is 10.3. The molecule has 0 unspecified atom stereocenters. The highest BCUT2D eigenvalue weighted by atomic mass is 16.3. The lowest BCUT2D eigenvalue weighted by atomic mass is 9.80. The molecule has 1 aromatic carbocycles. The minimum absolute atomic E-state index is 0.0650. The first-order chi connectivity index (χ1) is 12.0. The Labute approximate surface area is 155 Å². The molecule has 0 saturated heterocycles. The van der Waals surface area contributed by atoms with Crippen LogP contribution in [0.2, 0.25) is 0 Å². The first kappa shape index (κ1) is 21.9. The van der Waals surface area contributed by atoms with Crippen LogP contribution in [0.4, 0.5) is 0 Å². The molecule has 1 aromatic rings. The van der Waals surface area contributed by atoms with E-state index in [1.54, 1.807) is 0 Å². The summed E-state index contributed by atoms with van der Waals surface area (Å²) in [7, 11) is 0. The smallest absolute Gasteiger partial charge is 0.194 e. The van der Waals surface area contributed by atoms with Gasteiger partial charge in [0, 0.05) is 5.56 Å². The normalized spacial score (nSPS) is 11.9. The standard InChI is InChI=1S/C23H38O2/c1-5-7-9-13-17-23(25,18-14-10-8-6-2)22(24)21-16-12-11-15-20(21)19(3)4/h11-12,15-16,19,25H,5-10,13-14,17-18H2,1-4H3. The number of rotatable bonds is 13. The lowest BCUT2D eigenvalue weighted by Crippen LogP contribution is -2.39. The Hall–Kier alpha value is -1.15. The molecule has 0 bridgehead atoms. The van der Waals surface area contributed by atoms with Gasteiger partial charge in [-0.15, -0.1) is 0 Å². The van der Waals surface area contributed by atoms with Crippen LogP contribution < -0.4 is 0 Å². The molecule has 0 aromatic heterocycles. The molecule has 0 atom stereocenters. The summed E-state index contributed by atoms with van der Waals surface area (Å²) >= 11 is 0. The summed E-state index contributed by atoms with van der Waals surface area (Å²) in [6.07, 6.45) is 9.87. The molecule has 0 heterocycles. The largest absolute Gasteiger partial charge is 0.382 e. The van der Waals surface area contributed by atoms with Crippen LogP contribution in [0.25, 0.3) is 0 Å². The molecular formula is C23H38O2. The van der Waals surface area contributed by atoms with Crippen LogP contribution in [-0.2, 0) is 0 Å². The molecule has 142 valence electrons. The molecule has 0 saturated carbocycles. The third-order valence-electron chi connectivity index (χ3n) is 5.14. The molecule has 25 heavy (non-hydrogen) atoms. The zero-order valence-corrected chi connectivity index (χ0v) is 16.8. The van der Waals surface area contributed by atoms with Gasteiger partial charge in [-0.1, -0.05) is 103 Å². The van der Waals surface area contributed by atoms with Gasteiger partial charge < -0.3 is 5.11 Å². The Balaban J connectivity index is 2.94. The summed E-state index contributed by atoms with van der Waals surface area (Å²) < 4.78 is 0. The molecular weight excluding hydrogens is 308 g/mol. The van der Waals surface area contributed by atoms with E-state index < -0.39 is 5.60 Å². The van der Waals surface area contributed by atoms with Crippen LogP contribution >= 0.6 is 0 Å². The molecule has 1 rings (SSSR count). The zero-order valence-electron chi connectivity index (χ0n) is 16.8. The van der Waals surface area contributed by atoms with Crippen LogP contribution in [0.15, 0.2) is 24.3 Å². The topological polar surface area (TPSA) is 37.3 Å². The zero-order chi connectivity index (χ0) is 18.7. The van der Waals surface area contributed by atoms with Crippen molar-refractivity contribution < 1.29 is 9.90 Å². The third kappa shape index (κ3) is 6.93. The van der Waals surface area contributed by atoms with Gasteiger partial charge in [-0.2, -0.15) is 0 Å². The number of carbonyl (C=O) groups is 1. The second-order valence-electron chi connectivity index (χ2n) is 7.72. The summed E-state index contributed by atoms with van der Waals surface area (Å²) in [6, 6.07) is 7.80. The van der Waals surface area contributed by atoms with Crippen LogP contribution in [0, 0.1) is 0 Å². The van der Waals surface area contributed by atoms with E-state index in [1.807, 2.05) is 24.3 Å². The van der Waals surface area contributed by atoms with Crippen molar-refractivity contribution in [2.24, 2.45) is 0 Å². The fraction of sp³-hybridized carbons (Fsp3) is 0.696. The average molecular weight is 347 g/mol. The van der Waals surface area contributed by atoms with Gasteiger partial charge in [-0.3, -0.25) is 4.79 Å². The van der Waals surface area contributed by atoms with Gasteiger partial charge in [0.15, 0.2) is 5.78 Å². The van der Waals surface area contributed by atoms with Gasteiger partial charge in [0.1, 0.15) is 5.60 Å². The summed E-state index contributed by atoms with van der Waals surface area (Å²) in [6.45, 7) is 8.57. The molecule has 0 spiro atoms. The Morgan fingerprint density at radius 1 is 0.920 bits per heavy atom. The predicted octanol–water partition coefficient (Wildman–Crippen LogP) is 6.66. The second kappa shape index (κ2) is 11.5. The van der Waals surface area contributed by atoms with Gasteiger partial charge in [0.05, 0.1) is 0 Å². The van der Waals surface area contributed by atoms with E-state index in [1.165, 1.54) is 25.7 Å². The lowest BCUT2D eigenvalue weighted by molar-refractivity contribution is 0.0196. The van der Waals surface area contributed by atoms with Crippen LogP contribution in [-0.4, -0.2) is 16.5 Å². The van der Waals surface area contributed by atoms with Gasteiger partial charge in [-0.05, 0) is 24.3 Å². The number of carbonyl (C=O) groups excluding carboxylic acids is 1. The predicted molar refractivity (Wildman–Crippen MR) is 107 cm³/mol. The van der Waals surface area contributed by atoms with Crippen molar-refractivity contribution in [3.8, 4) is 0 Å². The molecule has 0 fully saturated rings. The highest BCUT2D eigenvalue weighted by molar-refractivity contribution is 6.03. The van der Waals surface area contributed by atoms with E-state index in [0.717, 1.165) is 31.2 Å². The molecule has 2 heteroatoms. The van der Waals surface area contributed by atoms with E-state index in [4.69, 9.17) is 0 Å². The van der Waals surface area contributed by atoms with Gasteiger partial charge in [0.2, 0.25) is 0 Å². The Kier molecular flexibility index (Phi) is 10.0. The number of benzene rings is 1. The molecule has 0 aliphatic heterocycles. The van der Waals surface area contributed by atoms with Crippen molar-refractivity contribution in [3.63, 3.8) is 0 Å². The fourth-order valence-corrected chi connectivity index (χ4v) is 3.50. The minimum Gasteiger partial charge on any atom is -0.382 e. The first-order valence-electron chi connectivity index (χ1n) is 10.3. The Morgan fingerprint density at radius 3 is 1.92 bits per heavy atom. The number of Topliss-reactive ketones (excluding diaryl/α,β-unsaturated/α-hetero) is 1. The number of aliphatic hydroxyl groups is 1. The molecule has 0 radical (unpaired) electrons. The van der Waals surface area contributed by atoms with Crippen molar-refractivity contribution in [1.82, 2.24) is 0 Å². The van der Waals surface area contributed by atoms with Crippen molar-refractivity contribution in [3.05, 3.63) is 35.4 Å². The highest BCUT2D eigenvalue weighted by Gasteiger charge is 2.36. The summed E-state index contributed by atoms with van der Waals surface area (Å²) in [4.78, 5) is 13.3. The maximum Gasteiger partial charge on any atom is 0.194 e. The van der Waals surface area contributed by atoms with Crippen LogP contribution in [0.1, 0.15) is 114 Å². The molecule has 0 aliphatic rings. The number of hydrogen-bond donors (Lipinski definition) is 1. The maximum absolute atomic E-state index is 13.3. The van der Waals surface area contributed by atoms with Gasteiger partial charge in [0.25, 0.3) is 0 Å². The second-order valence-corrected chi connectivity index (χ2v) is 7.72. The van der Waals surface area contributed by atoms with E-state index in [0.29, 0.717) is 18.4 Å². The Bertz CT molecular complexity index is 493.